The molecule has 2 atom stereocenters. The summed E-state index contributed by atoms with van der Waals surface area (Å²) in [4.78, 5) is 2.59. The molecular weight excluding hydrogens is 236 g/mol. The van der Waals surface area contributed by atoms with Gasteiger partial charge in [0, 0.05) is 31.6 Å². The minimum atomic E-state index is 0.544. The quantitative estimate of drug-likeness (QED) is 0.891. The van der Waals surface area contributed by atoms with Gasteiger partial charge in [-0.2, -0.15) is 0 Å². The van der Waals surface area contributed by atoms with E-state index < -0.39 is 0 Å². The zero-order chi connectivity index (χ0) is 13.1. The van der Waals surface area contributed by atoms with Crippen molar-refractivity contribution in [1.29, 1.82) is 0 Å². The van der Waals surface area contributed by atoms with Crippen LogP contribution in [-0.4, -0.2) is 43.8 Å². The number of benzene rings is 1. The first kappa shape index (κ1) is 13.1. The van der Waals surface area contributed by atoms with Gasteiger partial charge >= 0.3 is 0 Å². The molecule has 1 saturated heterocycles. The lowest BCUT2D eigenvalue weighted by Crippen LogP contribution is -2.43. The topological polar surface area (TPSA) is 24.5 Å². The van der Waals surface area contributed by atoms with Gasteiger partial charge in [0.15, 0.2) is 0 Å². The Morgan fingerprint density at radius 2 is 2.11 bits per heavy atom. The second-order valence-electron chi connectivity index (χ2n) is 5.72. The zero-order valence-electron chi connectivity index (χ0n) is 11.8. The number of hydrogen-bond donors (Lipinski definition) is 1. The number of rotatable bonds is 4. The van der Waals surface area contributed by atoms with Crippen molar-refractivity contribution in [2.24, 2.45) is 5.92 Å². The average Bonchev–Trinajstić information content (AvgIpc) is 2.86. The fourth-order valence-electron chi connectivity index (χ4n) is 3.31. The highest BCUT2D eigenvalue weighted by molar-refractivity contribution is 5.29. The van der Waals surface area contributed by atoms with Gasteiger partial charge < -0.3 is 10.1 Å². The molecule has 3 rings (SSSR count). The Hall–Kier alpha value is -0.900. The number of fused-ring (bicyclic) bond motifs is 1. The van der Waals surface area contributed by atoms with Crippen molar-refractivity contribution in [3.05, 3.63) is 35.4 Å². The maximum Gasteiger partial charge on any atom is 0.0623 e. The van der Waals surface area contributed by atoms with Gasteiger partial charge in [0.25, 0.3) is 0 Å². The van der Waals surface area contributed by atoms with Crippen molar-refractivity contribution >= 4 is 0 Å². The summed E-state index contributed by atoms with van der Waals surface area (Å²) in [6.45, 7) is 8.45. The zero-order valence-corrected chi connectivity index (χ0v) is 11.8. The maximum absolute atomic E-state index is 5.64. The van der Waals surface area contributed by atoms with E-state index >= 15 is 0 Å². The molecule has 1 aromatic carbocycles. The van der Waals surface area contributed by atoms with Gasteiger partial charge in [0.2, 0.25) is 0 Å². The first-order valence-corrected chi connectivity index (χ1v) is 7.47. The third kappa shape index (κ3) is 2.99. The Kier molecular flexibility index (Phi) is 4.16. The minimum Gasteiger partial charge on any atom is -0.379 e. The molecule has 0 amide bonds. The molecule has 0 radical (unpaired) electrons. The molecule has 3 heteroatoms. The van der Waals surface area contributed by atoms with Crippen LogP contribution in [0, 0.1) is 5.92 Å². The maximum atomic E-state index is 5.64. The molecule has 2 unspecified atom stereocenters. The molecular formula is C16H24N2O. The summed E-state index contributed by atoms with van der Waals surface area (Å²) in [5, 5.41) is 3.55. The molecule has 0 aliphatic carbocycles. The Morgan fingerprint density at radius 3 is 2.95 bits per heavy atom. The van der Waals surface area contributed by atoms with Crippen LogP contribution in [-0.2, 0) is 17.7 Å². The molecule has 0 spiro atoms. The lowest BCUT2D eigenvalue weighted by atomic mass is 9.97. The van der Waals surface area contributed by atoms with Crippen LogP contribution in [0.15, 0.2) is 24.3 Å². The molecule has 0 bridgehead atoms. The average molecular weight is 260 g/mol. The fraction of sp³-hybridized carbons (Fsp3) is 0.625. The number of ether oxygens (including phenoxy) is 1. The highest BCUT2D eigenvalue weighted by Gasteiger charge is 2.29. The third-order valence-electron chi connectivity index (χ3n) is 4.37. The van der Waals surface area contributed by atoms with Gasteiger partial charge in [0.1, 0.15) is 0 Å². The van der Waals surface area contributed by atoms with Crippen molar-refractivity contribution < 1.29 is 4.74 Å². The van der Waals surface area contributed by atoms with E-state index in [0.29, 0.717) is 12.0 Å². The number of nitrogens with zero attached hydrogens (tertiary/aromatic N) is 1. The molecule has 2 heterocycles. The summed E-state index contributed by atoms with van der Waals surface area (Å²) in [5.41, 5.74) is 3.04. The molecule has 3 nitrogen and oxygen atoms in total. The Morgan fingerprint density at radius 1 is 1.26 bits per heavy atom. The lowest BCUT2D eigenvalue weighted by Gasteiger charge is -2.32. The standard InChI is InChI=1S/C16H24N2O/c1-2-17-16-12-19-11-15(16)10-18-8-7-13-5-3-4-6-14(13)9-18/h3-6,15-17H,2,7-12H2,1H3. The number of hydrogen-bond acceptors (Lipinski definition) is 3. The minimum absolute atomic E-state index is 0.544. The number of likely N-dealkylation sites (N-methyl/N-ethyl adjacent to an activating group) is 1. The Labute approximate surface area is 115 Å². The van der Waals surface area contributed by atoms with E-state index in [1.807, 2.05) is 0 Å². The van der Waals surface area contributed by atoms with E-state index in [9.17, 15) is 0 Å². The summed E-state index contributed by atoms with van der Waals surface area (Å²) in [5.74, 6) is 0.644. The van der Waals surface area contributed by atoms with Crippen LogP contribution in [0.2, 0.25) is 0 Å². The highest BCUT2D eigenvalue weighted by Crippen LogP contribution is 2.22. The van der Waals surface area contributed by atoms with Crippen molar-refractivity contribution in [3.8, 4) is 0 Å². The van der Waals surface area contributed by atoms with Gasteiger partial charge in [-0.25, -0.2) is 0 Å². The van der Waals surface area contributed by atoms with Crippen LogP contribution < -0.4 is 5.32 Å². The van der Waals surface area contributed by atoms with Crippen molar-refractivity contribution in [2.75, 3.05) is 32.8 Å². The monoisotopic (exact) mass is 260 g/mol. The predicted molar refractivity (Wildman–Crippen MR) is 77.2 cm³/mol. The summed E-state index contributed by atoms with van der Waals surface area (Å²) >= 11 is 0. The van der Waals surface area contributed by atoms with Gasteiger partial charge in [0.05, 0.1) is 13.2 Å². The molecule has 2 aliphatic heterocycles. The molecule has 19 heavy (non-hydrogen) atoms. The number of nitrogens with one attached hydrogen (secondary N) is 1. The highest BCUT2D eigenvalue weighted by atomic mass is 16.5. The van der Waals surface area contributed by atoms with Crippen LogP contribution in [0.3, 0.4) is 0 Å². The van der Waals surface area contributed by atoms with Gasteiger partial charge in [-0.05, 0) is 24.1 Å². The lowest BCUT2D eigenvalue weighted by molar-refractivity contribution is 0.162. The van der Waals surface area contributed by atoms with Crippen LogP contribution in [0.1, 0.15) is 18.1 Å². The van der Waals surface area contributed by atoms with E-state index in [1.54, 1.807) is 0 Å². The molecule has 2 aliphatic rings. The van der Waals surface area contributed by atoms with Crippen molar-refractivity contribution in [1.82, 2.24) is 10.2 Å². The smallest absolute Gasteiger partial charge is 0.0623 e. The van der Waals surface area contributed by atoms with Crippen LogP contribution in [0.4, 0.5) is 0 Å². The summed E-state index contributed by atoms with van der Waals surface area (Å²) in [6, 6.07) is 9.40. The van der Waals surface area contributed by atoms with E-state index in [0.717, 1.165) is 32.8 Å². The summed E-state index contributed by atoms with van der Waals surface area (Å²) in [6.07, 6.45) is 1.19. The molecule has 0 saturated carbocycles. The fourth-order valence-corrected chi connectivity index (χ4v) is 3.31. The van der Waals surface area contributed by atoms with Crippen LogP contribution >= 0.6 is 0 Å². The first-order valence-electron chi connectivity index (χ1n) is 7.47. The molecule has 1 N–H and O–H groups in total. The Bertz CT molecular complexity index is 421. The van der Waals surface area contributed by atoms with Crippen molar-refractivity contribution in [3.63, 3.8) is 0 Å². The van der Waals surface area contributed by atoms with E-state index in [1.165, 1.54) is 24.1 Å². The molecule has 104 valence electrons. The van der Waals surface area contributed by atoms with E-state index in [4.69, 9.17) is 4.74 Å². The first-order chi connectivity index (χ1) is 9.36. The van der Waals surface area contributed by atoms with Crippen LogP contribution in [0.25, 0.3) is 0 Å². The van der Waals surface area contributed by atoms with Gasteiger partial charge in [-0.3, -0.25) is 4.90 Å². The SMILES string of the molecule is CCNC1COCC1CN1CCc2ccccc2C1. The molecule has 1 fully saturated rings. The summed E-state index contributed by atoms with van der Waals surface area (Å²) < 4.78 is 5.64. The molecule has 1 aromatic rings. The van der Waals surface area contributed by atoms with Gasteiger partial charge in [-0.15, -0.1) is 0 Å². The summed E-state index contributed by atoms with van der Waals surface area (Å²) in [7, 11) is 0. The largest absolute Gasteiger partial charge is 0.379 e. The van der Waals surface area contributed by atoms with E-state index in [2.05, 4.69) is 41.4 Å². The van der Waals surface area contributed by atoms with Gasteiger partial charge in [-0.1, -0.05) is 31.2 Å². The normalized spacial score (nSPS) is 27.4. The Balaban J connectivity index is 1.60. The van der Waals surface area contributed by atoms with Crippen LogP contribution in [0.5, 0.6) is 0 Å². The predicted octanol–water partition coefficient (Wildman–Crippen LogP) is 1.67. The molecule has 0 aromatic heterocycles. The second kappa shape index (κ2) is 6.04. The third-order valence-corrected chi connectivity index (χ3v) is 4.37. The van der Waals surface area contributed by atoms with Crippen molar-refractivity contribution in [2.45, 2.75) is 25.9 Å². The second-order valence-corrected chi connectivity index (χ2v) is 5.72. The van der Waals surface area contributed by atoms with E-state index in [-0.39, 0.29) is 0 Å².